The third kappa shape index (κ3) is 7.07. The smallest absolute Gasteiger partial charge is 0.408 e. The van der Waals surface area contributed by atoms with Crippen molar-refractivity contribution in [1.29, 1.82) is 0 Å². The summed E-state index contributed by atoms with van der Waals surface area (Å²) >= 11 is 0. The lowest BCUT2D eigenvalue weighted by molar-refractivity contribution is -0.152. The molecule has 4 aromatic rings. The van der Waals surface area contributed by atoms with E-state index in [1.165, 1.54) is 12.0 Å². The van der Waals surface area contributed by atoms with Crippen molar-refractivity contribution in [2.45, 2.75) is 75.8 Å². The number of nitrogens with one attached hydrogen (secondary N) is 1. The number of alkyl carbamates (subject to hydrolysis) is 1. The number of nitrogens with zero attached hydrogens (tertiary/aromatic N) is 2. The predicted molar refractivity (Wildman–Crippen MR) is 195 cm³/mol. The molecule has 2 aliphatic heterocycles. The first kappa shape index (κ1) is 33.7. The predicted octanol–water partition coefficient (Wildman–Crippen LogP) is 6.43. The van der Waals surface area contributed by atoms with E-state index in [1.807, 2.05) is 72.8 Å². The zero-order chi connectivity index (χ0) is 35.6. The first-order valence-electron chi connectivity index (χ1n) is 18.3. The minimum Gasteiger partial charge on any atom is -0.487 e. The number of allylic oxidation sites excluding steroid dienone is 1. The van der Waals surface area contributed by atoms with Crippen LogP contribution in [0, 0.1) is 11.8 Å². The number of para-hydroxylation sites is 1. The molecule has 0 radical (unpaired) electrons. The Bertz CT molecular complexity index is 1970. The lowest BCUT2D eigenvalue weighted by atomic mass is 9.95. The molecule has 2 bridgehead atoms. The van der Waals surface area contributed by atoms with Crippen LogP contribution >= 0.6 is 0 Å². The fraction of sp³-hybridized carbons (Fsp3) is 0.381. The number of hydrogen-bond acceptors (Lipinski definition) is 8. The summed E-state index contributed by atoms with van der Waals surface area (Å²) < 4.78 is 24.3. The number of esters is 1. The molecule has 1 N–H and O–H groups in total. The largest absolute Gasteiger partial charge is 0.487 e. The molecule has 52 heavy (non-hydrogen) atoms. The van der Waals surface area contributed by atoms with E-state index in [-0.39, 0.29) is 36.8 Å². The quantitative estimate of drug-likeness (QED) is 0.237. The lowest BCUT2D eigenvalue weighted by Gasteiger charge is -2.30. The highest BCUT2D eigenvalue weighted by Gasteiger charge is 2.47. The van der Waals surface area contributed by atoms with E-state index in [1.54, 1.807) is 0 Å². The van der Waals surface area contributed by atoms with Crippen LogP contribution in [-0.4, -0.2) is 65.8 Å². The van der Waals surface area contributed by atoms with Crippen LogP contribution < -0.4 is 14.8 Å². The van der Waals surface area contributed by atoms with Gasteiger partial charge < -0.3 is 29.2 Å². The van der Waals surface area contributed by atoms with Gasteiger partial charge in [-0.15, -0.1) is 0 Å². The van der Waals surface area contributed by atoms with Crippen molar-refractivity contribution in [3.8, 4) is 11.6 Å². The molecule has 5 atom stereocenters. The van der Waals surface area contributed by atoms with Gasteiger partial charge in [-0.25, -0.2) is 14.6 Å². The van der Waals surface area contributed by atoms with Crippen molar-refractivity contribution >= 4 is 34.9 Å². The van der Waals surface area contributed by atoms with E-state index in [9.17, 15) is 14.4 Å². The fourth-order valence-corrected chi connectivity index (χ4v) is 7.99. The number of hydrogen-bond donors (Lipinski definition) is 1. The molecule has 3 heterocycles. The van der Waals surface area contributed by atoms with Crippen LogP contribution in [0.3, 0.4) is 0 Å². The SMILES string of the molecule is COC(=O)[C@@H]1C[C@@H]2CN1C(=O)[C@H](C1Cc3ccccc3C1)NC(=O)O[C@@H]1C[C@H]1CCC/C=C/c1c(nc3ccccc3c1OCc1ccccc1)O2. The molecule has 1 saturated heterocycles. The van der Waals surface area contributed by atoms with Gasteiger partial charge in [-0.2, -0.15) is 0 Å². The van der Waals surface area contributed by atoms with Crippen molar-refractivity contribution in [2.75, 3.05) is 13.7 Å². The van der Waals surface area contributed by atoms with E-state index in [4.69, 9.17) is 23.9 Å². The number of carbonyl (C=O) groups is 3. The Kier molecular flexibility index (Phi) is 9.54. The maximum absolute atomic E-state index is 14.6. The highest BCUT2D eigenvalue weighted by atomic mass is 16.6. The molecule has 2 fully saturated rings. The Morgan fingerprint density at radius 3 is 2.46 bits per heavy atom. The molecule has 1 aromatic heterocycles. The maximum Gasteiger partial charge on any atom is 0.408 e. The Hall–Kier alpha value is -5.38. The van der Waals surface area contributed by atoms with Crippen molar-refractivity contribution in [3.05, 3.63) is 107 Å². The van der Waals surface area contributed by atoms with Gasteiger partial charge in [0, 0.05) is 11.8 Å². The van der Waals surface area contributed by atoms with E-state index >= 15 is 0 Å². The molecule has 4 aliphatic rings. The van der Waals surface area contributed by atoms with Crippen LogP contribution in [0.4, 0.5) is 4.79 Å². The summed E-state index contributed by atoms with van der Waals surface area (Å²) in [5.41, 5.74) is 4.74. The minimum atomic E-state index is -0.908. The monoisotopic (exact) mass is 701 g/mol. The van der Waals surface area contributed by atoms with Gasteiger partial charge in [-0.1, -0.05) is 72.8 Å². The van der Waals surface area contributed by atoms with E-state index in [2.05, 4.69) is 23.5 Å². The molecule has 10 heteroatoms. The van der Waals surface area contributed by atoms with E-state index in [0.29, 0.717) is 42.2 Å². The van der Waals surface area contributed by atoms with Crippen LogP contribution in [0.5, 0.6) is 11.6 Å². The second kappa shape index (κ2) is 14.7. The molecular weight excluding hydrogens is 658 g/mol. The third-order valence-corrected chi connectivity index (χ3v) is 10.8. The fourth-order valence-electron chi connectivity index (χ4n) is 7.99. The van der Waals surface area contributed by atoms with Crippen LogP contribution in [0.1, 0.15) is 54.4 Å². The van der Waals surface area contributed by atoms with Crippen LogP contribution in [-0.2, 0) is 38.5 Å². The first-order chi connectivity index (χ1) is 25.4. The number of amides is 2. The van der Waals surface area contributed by atoms with Crippen LogP contribution in [0.15, 0.2) is 84.9 Å². The molecule has 3 aromatic carbocycles. The molecule has 2 aliphatic carbocycles. The van der Waals surface area contributed by atoms with Gasteiger partial charge in [0.2, 0.25) is 11.8 Å². The highest BCUT2D eigenvalue weighted by molar-refractivity contribution is 5.92. The molecule has 2 amide bonds. The Morgan fingerprint density at radius 2 is 1.67 bits per heavy atom. The molecule has 0 unspecified atom stereocenters. The summed E-state index contributed by atoms with van der Waals surface area (Å²) in [6, 6.07) is 24.1. The summed E-state index contributed by atoms with van der Waals surface area (Å²) in [5.74, 6) is 0.193. The van der Waals surface area contributed by atoms with Gasteiger partial charge in [0.25, 0.3) is 0 Å². The van der Waals surface area contributed by atoms with Gasteiger partial charge in [-0.3, -0.25) is 4.79 Å². The van der Waals surface area contributed by atoms with E-state index in [0.717, 1.165) is 47.8 Å². The number of benzene rings is 3. The van der Waals surface area contributed by atoms with Gasteiger partial charge in [-0.05, 0) is 85.3 Å². The maximum atomic E-state index is 14.6. The van der Waals surface area contributed by atoms with Gasteiger partial charge in [0.15, 0.2) is 0 Å². The first-order valence-corrected chi connectivity index (χ1v) is 18.3. The third-order valence-electron chi connectivity index (χ3n) is 10.8. The second-order valence-electron chi connectivity index (χ2n) is 14.3. The Morgan fingerprint density at radius 1 is 0.923 bits per heavy atom. The molecule has 0 spiro atoms. The number of ether oxygens (including phenoxy) is 4. The number of aromatic nitrogens is 1. The molecule has 268 valence electrons. The molecule has 1 saturated carbocycles. The molecule has 8 rings (SSSR count). The normalized spacial score (nSPS) is 25.3. The average Bonchev–Trinajstić information content (AvgIpc) is 3.53. The van der Waals surface area contributed by atoms with Crippen molar-refractivity contribution in [1.82, 2.24) is 15.2 Å². The summed E-state index contributed by atoms with van der Waals surface area (Å²) in [6.07, 6.45) is 7.62. The summed E-state index contributed by atoms with van der Waals surface area (Å²) in [6.45, 7) is 0.459. The summed E-state index contributed by atoms with van der Waals surface area (Å²) in [5, 5.41) is 3.81. The molecular formula is C42H43N3O7. The average molecular weight is 702 g/mol. The Labute approximate surface area is 303 Å². The summed E-state index contributed by atoms with van der Waals surface area (Å²) in [7, 11) is 1.32. The number of carbonyl (C=O) groups excluding carboxylic acids is 3. The summed E-state index contributed by atoms with van der Waals surface area (Å²) in [4.78, 5) is 47.8. The number of pyridine rings is 1. The van der Waals surface area contributed by atoms with Crippen LogP contribution in [0.25, 0.3) is 17.0 Å². The van der Waals surface area contributed by atoms with Crippen molar-refractivity contribution in [2.24, 2.45) is 11.8 Å². The number of rotatable bonds is 5. The Balaban J connectivity index is 1.16. The number of fused-ring (bicyclic) bond motifs is 6. The van der Waals surface area contributed by atoms with Gasteiger partial charge in [0.05, 0.1) is 24.7 Å². The van der Waals surface area contributed by atoms with Crippen molar-refractivity contribution < 1.29 is 33.3 Å². The van der Waals surface area contributed by atoms with Crippen molar-refractivity contribution in [3.63, 3.8) is 0 Å². The van der Waals surface area contributed by atoms with Gasteiger partial charge in [0.1, 0.15) is 36.6 Å². The van der Waals surface area contributed by atoms with Crippen LogP contribution in [0.2, 0.25) is 0 Å². The number of methoxy groups -OCH3 is 1. The standard InChI is InChI=1S/C42H43N3O7/c1-49-41(47)35-23-31-24-45(35)40(46)37(30-20-27-14-8-9-15-28(27)21-30)44-42(48)52-36-22-29(36)16-6-3-7-18-33-38(50-25-26-12-4-2-5-13-26)32-17-10-11-19-34(32)43-39(33)51-31/h2,4-5,7-15,17-19,29-31,35-37H,3,6,16,20-25H2,1H3,(H,44,48)/b18-7+/t29-,31-,35+,36-,37+/m1/s1. The lowest BCUT2D eigenvalue weighted by Crippen LogP contribution is -2.55. The molecule has 10 nitrogen and oxygen atoms in total. The van der Waals surface area contributed by atoms with Gasteiger partial charge >= 0.3 is 12.1 Å². The zero-order valence-corrected chi connectivity index (χ0v) is 29.2. The topological polar surface area (TPSA) is 116 Å². The highest BCUT2D eigenvalue weighted by Crippen LogP contribution is 2.40. The minimum absolute atomic E-state index is 0.105. The van der Waals surface area contributed by atoms with E-state index < -0.39 is 30.3 Å². The second-order valence-corrected chi connectivity index (χ2v) is 14.3. The zero-order valence-electron chi connectivity index (χ0n) is 29.2.